The van der Waals surface area contributed by atoms with Crippen LogP contribution in [0.1, 0.15) is 48.0 Å². The van der Waals surface area contributed by atoms with Crippen LogP contribution in [0, 0.1) is 5.92 Å². The maximum atomic E-state index is 12.9. The van der Waals surface area contributed by atoms with Crippen molar-refractivity contribution in [2.75, 3.05) is 13.2 Å². The van der Waals surface area contributed by atoms with Gasteiger partial charge in [0, 0.05) is 28.1 Å². The molecule has 1 aliphatic rings. The number of rotatable bonds is 11. The standard InChI is InChI=1S/C30H29Cl2NO5/c31-22-8-13-26(14-9-22)37-19-29(35)33-24-11-6-20(7-12-24)16-25(34)18-38-28-15-10-23(32)17-27(28)30(36)21-4-2-1-3-5-21/h1-5,8-10,13-15,17,20,24H,6-7,11-12,16,18-19H2,(H,33,35). The van der Waals surface area contributed by atoms with E-state index >= 15 is 0 Å². The summed E-state index contributed by atoms with van der Waals surface area (Å²) in [6.07, 6.45) is 3.69. The minimum absolute atomic E-state index is 0.0260. The third-order valence-corrected chi connectivity index (χ3v) is 7.01. The third-order valence-electron chi connectivity index (χ3n) is 6.52. The van der Waals surface area contributed by atoms with Crippen LogP contribution in [0.2, 0.25) is 10.0 Å². The lowest BCUT2D eigenvalue weighted by Crippen LogP contribution is -2.40. The zero-order valence-corrected chi connectivity index (χ0v) is 22.3. The number of Topliss-reactive ketones (excluding diaryl/α,β-unsaturated/α-hetero) is 1. The van der Waals surface area contributed by atoms with Crippen LogP contribution in [0.5, 0.6) is 11.5 Å². The molecule has 0 atom stereocenters. The molecule has 1 fully saturated rings. The molecule has 4 rings (SSSR count). The highest BCUT2D eigenvalue weighted by atomic mass is 35.5. The molecule has 0 aliphatic heterocycles. The second-order valence-corrected chi connectivity index (χ2v) is 10.3. The van der Waals surface area contributed by atoms with Crippen LogP contribution in [0.4, 0.5) is 0 Å². The zero-order valence-electron chi connectivity index (χ0n) is 20.8. The van der Waals surface area contributed by atoms with E-state index in [0.29, 0.717) is 39.1 Å². The summed E-state index contributed by atoms with van der Waals surface area (Å²) in [5.41, 5.74) is 0.846. The maximum Gasteiger partial charge on any atom is 0.258 e. The van der Waals surface area contributed by atoms with Gasteiger partial charge in [-0.15, -0.1) is 0 Å². The summed E-state index contributed by atoms with van der Waals surface area (Å²) in [4.78, 5) is 37.9. The monoisotopic (exact) mass is 553 g/mol. The highest BCUT2D eigenvalue weighted by molar-refractivity contribution is 6.31. The molecule has 0 heterocycles. The Bertz CT molecular complexity index is 1260. The number of nitrogens with one attached hydrogen (secondary N) is 1. The molecule has 6 nitrogen and oxygen atoms in total. The maximum absolute atomic E-state index is 12.9. The fourth-order valence-electron chi connectivity index (χ4n) is 4.55. The quantitative estimate of drug-likeness (QED) is 0.281. The van der Waals surface area contributed by atoms with Crippen LogP contribution >= 0.6 is 23.2 Å². The molecule has 0 unspecified atom stereocenters. The molecule has 38 heavy (non-hydrogen) atoms. The Morgan fingerprint density at radius 2 is 1.47 bits per heavy atom. The van der Waals surface area contributed by atoms with Crippen molar-refractivity contribution in [3.63, 3.8) is 0 Å². The van der Waals surface area contributed by atoms with Crippen molar-refractivity contribution in [1.82, 2.24) is 5.32 Å². The molecule has 3 aromatic rings. The Morgan fingerprint density at radius 3 is 2.18 bits per heavy atom. The molecule has 0 saturated heterocycles. The molecule has 1 N–H and O–H groups in total. The largest absolute Gasteiger partial charge is 0.485 e. The van der Waals surface area contributed by atoms with E-state index in [9.17, 15) is 14.4 Å². The molecule has 1 amide bonds. The van der Waals surface area contributed by atoms with Gasteiger partial charge in [-0.05, 0) is 74.1 Å². The Balaban J connectivity index is 1.20. The van der Waals surface area contributed by atoms with E-state index in [-0.39, 0.29) is 42.6 Å². The van der Waals surface area contributed by atoms with Crippen LogP contribution in [-0.4, -0.2) is 36.7 Å². The third kappa shape index (κ3) is 8.07. The first-order valence-electron chi connectivity index (χ1n) is 12.6. The van der Waals surface area contributed by atoms with Gasteiger partial charge >= 0.3 is 0 Å². The van der Waals surface area contributed by atoms with Crippen LogP contribution < -0.4 is 14.8 Å². The first-order valence-corrected chi connectivity index (χ1v) is 13.3. The van der Waals surface area contributed by atoms with E-state index in [1.54, 1.807) is 66.7 Å². The van der Waals surface area contributed by atoms with E-state index < -0.39 is 0 Å². The smallest absolute Gasteiger partial charge is 0.258 e. The lowest BCUT2D eigenvalue weighted by molar-refractivity contribution is -0.125. The predicted octanol–water partition coefficient (Wildman–Crippen LogP) is 6.32. The number of benzene rings is 3. The van der Waals surface area contributed by atoms with Crippen molar-refractivity contribution in [1.29, 1.82) is 0 Å². The first kappa shape index (κ1) is 27.7. The fraction of sp³-hybridized carbons (Fsp3) is 0.300. The van der Waals surface area contributed by atoms with Crippen molar-refractivity contribution < 1.29 is 23.9 Å². The van der Waals surface area contributed by atoms with E-state index in [0.717, 1.165) is 25.7 Å². The Labute approximate surface area is 232 Å². The topological polar surface area (TPSA) is 81.7 Å². The SMILES string of the molecule is O=C(COc1ccc(Cl)cc1C(=O)c1ccccc1)CC1CCC(NC(=O)COc2ccc(Cl)cc2)CC1. The number of hydrogen-bond donors (Lipinski definition) is 1. The average Bonchev–Trinajstić information content (AvgIpc) is 2.93. The van der Waals surface area contributed by atoms with E-state index in [1.165, 1.54) is 0 Å². The van der Waals surface area contributed by atoms with E-state index in [4.69, 9.17) is 32.7 Å². The second kappa shape index (κ2) is 13.4. The highest BCUT2D eigenvalue weighted by Gasteiger charge is 2.25. The van der Waals surface area contributed by atoms with Gasteiger partial charge in [0.2, 0.25) is 0 Å². The van der Waals surface area contributed by atoms with Crippen LogP contribution in [-0.2, 0) is 9.59 Å². The first-order chi connectivity index (χ1) is 18.4. The summed E-state index contributed by atoms with van der Waals surface area (Å²) in [5.74, 6) is 0.751. The zero-order chi connectivity index (χ0) is 26.9. The summed E-state index contributed by atoms with van der Waals surface area (Å²) < 4.78 is 11.3. The van der Waals surface area contributed by atoms with Crippen molar-refractivity contribution in [3.05, 3.63) is 94.0 Å². The molecule has 0 radical (unpaired) electrons. The molecule has 1 saturated carbocycles. The van der Waals surface area contributed by atoms with Crippen molar-refractivity contribution in [3.8, 4) is 11.5 Å². The molecule has 0 bridgehead atoms. The Hall–Kier alpha value is -3.35. The van der Waals surface area contributed by atoms with Crippen LogP contribution in [0.25, 0.3) is 0 Å². The summed E-state index contributed by atoms with van der Waals surface area (Å²) in [6.45, 7) is -0.174. The van der Waals surface area contributed by atoms with Gasteiger partial charge in [0.15, 0.2) is 18.2 Å². The molecule has 8 heteroatoms. The number of ether oxygens (including phenoxy) is 2. The van der Waals surface area contributed by atoms with Crippen molar-refractivity contribution in [2.45, 2.75) is 38.1 Å². The highest BCUT2D eigenvalue weighted by Crippen LogP contribution is 2.29. The van der Waals surface area contributed by atoms with Gasteiger partial charge < -0.3 is 14.8 Å². The Kier molecular flexibility index (Phi) is 9.79. The molecule has 3 aromatic carbocycles. The predicted molar refractivity (Wildman–Crippen MR) is 147 cm³/mol. The lowest BCUT2D eigenvalue weighted by Gasteiger charge is -2.28. The van der Waals surface area contributed by atoms with Gasteiger partial charge in [0.05, 0.1) is 5.56 Å². The molecule has 0 aromatic heterocycles. The Morgan fingerprint density at radius 1 is 0.789 bits per heavy atom. The van der Waals surface area contributed by atoms with Crippen LogP contribution in [0.15, 0.2) is 72.8 Å². The molecule has 1 aliphatic carbocycles. The fourth-order valence-corrected chi connectivity index (χ4v) is 4.85. The number of halogens is 2. The van der Waals surface area contributed by atoms with E-state index in [2.05, 4.69) is 5.32 Å². The second-order valence-electron chi connectivity index (χ2n) is 9.39. The van der Waals surface area contributed by atoms with Gasteiger partial charge in [-0.25, -0.2) is 0 Å². The number of carbonyl (C=O) groups is 3. The number of carbonyl (C=O) groups excluding carboxylic acids is 3. The minimum Gasteiger partial charge on any atom is -0.485 e. The van der Waals surface area contributed by atoms with Gasteiger partial charge in [-0.2, -0.15) is 0 Å². The number of amides is 1. The van der Waals surface area contributed by atoms with Crippen molar-refractivity contribution >= 4 is 40.7 Å². The van der Waals surface area contributed by atoms with Gasteiger partial charge in [-0.1, -0.05) is 53.5 Å². The molecule has 0 spiro atoms. The van der Waals surface area contributed by atoms with Gasteiger partial charge in [-0.3, -0.25) is 14.4 Å². The minimum atomic E-state index is -0.213. The van der Waals surface area contributed by atoms with E-state index in [1.807, 2.05) is 6.07 Å². The van der Waals surface area contributed by atoms with Gasteiger partial charge in [0.1, 0.15) is 18.1 Å². The average molecular weight is 554 g/mol. The van der Waals surface area contributed by atoms with Gasteiger partial charge in [0.25, 0.3) is 5.91 Å². The molecule has 198 valence electrons. The normalized spacial score (nSPS) is 16.9. The molecular formula is C30H29Cl2NO5. The summed E-state index contributed by atoms with van der Waals surface area (Å²) in [7, 11) is 0. The summed E-state index contributed by atoms with van der Waals surface area (Å²) >= 11 is 12.0. The number of ketones is 2. The lowest BCUT2D eigenvalue weighted by atomic mass is 9.83. The summed E-state index contributed by atoms with van der Waals surface area (Å²) in [5, 5.41) is 4.04. The van der Waals surface area contributed by atoms with Crippen LogP contribution in [0.3, 0.4) is 0 Å². The van der Waals surface area contributed by atoms with Crippen molar-refractivity contribution in [2.24, 2.45) is 5.92 Å². The molecular weight excluding hydrogens is 525 g/mol. The summed E-state index contributed by atoms with van der Waals surface area (Å²) in [6, 6.07) is 20.6. The number of hydrogen-bond acceptors (Lipinski definition) is 5.